The zero-order chi connectivity index (χ0) is 9.23. The molecular formula is C9H20N2S. The Kier molecular flexibility index (Phi) is 8.56. The number of hydrogen-bond donors (Lipinski definition) is 2. The molecule has 0 saturated heterocycles. The van der Waals surface area contributed by atoms with Gasteiger partial charge in [0.2, 0.25) is 0 Å². The van der Waals surface area contributed by atoms with Gasteiger partial charge in [-0.15, -0.1) is 0 Å². The predicted octanol–water partition coefficient (Wildman–Crippen LogP) is 2.05. The van der Waals surface area contributed by atoms with Crippen molar-refractivity contribution in [3.05, 3.63) is 0 Å². The third-order valence-corrected chi connectivity index (χ3v) is 1.89. The average molecular weight is 188 g/mol. The van der Waals surface area contributed by atoms with Gasteiger partial charge in [-0.25, -0.2) is 0 Å². The minimum atomic E-state index is 0.799. The summed E-state index contributed by atoms with van der Waals surface area (Å²) in [4.78, 5) is 0. The normalized spacial score (nSPS) is 9.50. The molecule has 0 amide bonds. The van der Waals surface area contributed by atoms with E-state index in [1.807, 2.05) is 0 Å². The van der Waals surface area contributed by atoms with E-state index in [0.717, 1.165) is 24.6 Å². The zero-order valence-corrected chi connectivity index (χ0v) is 8.97. The van der Waals surface area contributed by atoms with Crippen molar-refractivity contribution in [3.63, 3.8) is 0 Å². The van der Waals surface area contributed by atoms with E-state index in [-0.39, 0.29) is 0 Å². The van der Waals surface area contributed by atoms with E-state index in [1.165, 1.54) is 19.3 Å². The van der Waals surface area contributed by atoms with Crippen molar-refractivity contribution < 1.29 is 0 Å². The van der Waals surface area contributed by atoms with Crippen molar-refractivity contribution in [1.82, 2.24) is 10.6 Å². The lowest BCUT2D eigenvalue weighted by Gasteiger charge is -2.08. The number of thiocarbonyl (C=S) groups is 1. The molecule has 12 heavy (non-hydrogen) atoms. The van der Waals surface area contributed by atoms with Crippen LogP contribution >= 0.6 is 12.2 Å². The lowest BCUT2D eigenvalue weighted by atomic mass is 10.2. The summed E-state index contributed by atoms with van der Waals surface area (Å²) in [6.45, 7) is 6.31. The fourth-order valence-electron chi connectivity index (χ4n) is 0.878. The van der Waals surface area contributed by atoms with Crippen LogP contribution in [0.3, 0.4) is 0 Å². The fraction of sp³-hybridized carbons (Fsp3) is 0.889. The van der Waals surface area contributed by atoms with Crippen LogP contribution in [0.5, 0.6) is 0 Å². The first kappa shape index (κ1) is 11.7. The third kappa shape index (κ3) is 7.79. The van der Waals surface area contributed by atoms with Gasteiger partial charge in [0.25, 0.3) is 0 Å². The highest BCUT2D eigenvalue weighted by molar-refractivity contribution is 7.80. The Hall–Kier alpha value is -0.310. The zero-order valence-electron chi connectivity index (χ0n) is 8.15. The van der Waals surface area contributed by atoms with E-state index in [9.17, 15) is 0 Å². The lowest BCUT2D eigenvalue weighted by molar-refractivity contribution is 0.687. The average Bonchev–Trinajstić information content (AvgIpc) is 2.09. The van der Waals surface area contributed by atoms with E-state index < -0.39 is 0 Å². The molecule has 0 heterocycles. The molecule has 0 saturated carbocycles. The van der Waals surface area contributed by atoms with Gasteiger partial charge in [-0.05, 0) is 25.1 Å². The highest BCUT2D eigenvalue weighted by Crippen LogP contribution is 1.90. The minimum Gasteiger partial charge on any atom is -0.363 e. The number of nitrogens with one attached hydrogen (secondary N) is 2. The van der Waals surface area contributed by atoms with Crippen LogP contribution < -0.4 is 10.6 Å². The molecule has 0 aliphatic carbocycles. The molecule has 0 atom stereocenters. The molecule has 0 radical (unpaired) electrons. The van der Waals surface area contributed by atoms with Crippen molar-refractivity contribution in [1.29, 1.82) is 0 Å². The molecule has 3 heteroatoms. The number of rotatable bonds is 6. The second-order valence-corrected chi connectivity index (χ2v) is 3.30. The van der Waals surface area contributed by atoms with Gasteiger partial charge < -0.3 is 10.6 Å². The molecule has 0 aromatic heterocycles. The molecule has 0 aromatic rings. The molecule has 0 aliphatic rings. The largest absolute Gasteiger partial charge is 0.363 e. The smallest absolute Gasteiger partial charge is 0.166 e. The summed E-state index contributed by atoms with van der Waals surface area (Å²) >= 11 is 5.05. The van der Waals surface area contributed by atoms with Gasteiger partial charge >= 0.3 is 0 Å². The molecule has 0 spiro atoms. The second kappa shape index (κ2) is 8.78. The summed E-state index contributed by atoms with van der Waals surface area (Å²) in [7, 11) is 0. The Morgan fingerprint density at radius 1 is 1.00 bits per heavy atom. The van der Waals surface area contributed by atoms with Crippen molar-refractivity contribution >= 4 is 17.3 Å². The summed E-state index contributed by atoms with van der Waals surface area (Å²) in [5.41, 5.74) is 0. The van der Waals surface area contributed by atoms with Gasteiger partial charge in [0.05, 0.1) is 0 Å². The van der Waals surface area contributed by atoms with E-state index in [1.54, 1.807) is 0 Å². The third-order valence-electron chi connectivity index (χ3n) is 1.60. The number of unbranched alkanes of at least 4 members (excludes halogenated alkanes) is 2. The summed E-state index contributed by atoms with van der Waals surface area (Å²) < 4.78 is 0. The van der Waals surface area contributed by atoms with Crippen LogP contribution in [0.2, 0.25) is 0 Å². The van der Waals surface area contributed by atoms with E-state index in [2.05, 4.69) is 24.5 Å². The van der Waals surface area contributed by atoms with E-state index in [0.29, 0.717) is 0 Å². The Balaban J connectivity index is 3.08. The minimum absolute atomic E-state index is 0.799. The maximum absolute atomic E-state index is 5.05. The lowest BCUT2D eigenvalue weighted by Crippen LogP contribution is -2.36. The molecular weight excluding hydrogens is 168 g/mol. The maximum atomic E-state index is 5.05. The molecule has 0 fully saturated rings. The monoisotopic (exact) mass is 188 g/mol. The van der Waals surface area contributed by atoms with Crippen LogP contribution in [-0.4, -0.2) is 18.2 Å². The second-order valence-electron chi connectivity index (χ2n) is 2.89. The summed E-state index contributed by atoms with van der Waals surface area (Å²) in [5.74, 6) is 0. The van der Waals surface area contributed by atoms with Crippen molar-refractivity contribution in [2.24, 2.45) is 0 Å². The van der Waals surface area contributed by atoms with Crippen molar-refractivity contribution in [2.45, 2.75) is 39.5 Å². The molecule has 0 aliphatic heterocycles. The van der Waals surface area contributed by atoms with Crippen LogP contribution in [0.4, 0.5) is 0 Å². The number of hydrogen-bond acceptors (Lipinski definition) is 1. The highest BCUT2D eigenvalue weighted by Gasteiger charge is 1.91. The topological polar surface area (TPSA) is 24.1 Å². The van der Waals surface area contributed by atoms with Gasteiger partial charge in [-0.2, -0.15) is 0 Å². The van der Waals surface area contributed by atoms with Crippen molar-refractivity contribution in [3.8, 4) is 0 Å². The Bertz CT molecular complexity index is 115. The van der Waals surface area contributed by atoms with Gasteiger partial charge in [0, 0.05) is 13.1 Å². The van der Waals surface area contributed by atoms with Gasteiger partial charge in [-0.3, -0.25) is 0 Å². The molecule has 72 valence electrons. The molecule has 2 nitrogen and oxygen atoms in total. The summed E-state index contributed by atoms with van der Waals surface area (Å²) in [6, 6.07) is 0. The first-order valence-corrected chi connectivity index (χ1v) is 5.23. The van der Waals surface area contributed by atoms with Crippen molar-refractivity contribution in [2.75, 3.05) is 13.1 Å². The molecule has 0 bridgehead atoms. The van der Waals surface area contributed by atoms with Gasteiger partial charge in [0.15, 0.2) is 5.11 Å². The van der Waals surface area contributed by atoms with Gasteiger partial charge in [0.1, 0.15) is 0 Å². The summed E-state index contributed by atoms with van der Waals surface area (Å²) in [5, 5.41) is 7.10. The van der Waals surface area contributed by atoms with Crippen LogP contribution in [0.25, 0.3) is 0 Å². The summed E-state index contributed by atoms with van der Waals surface area (Å²) in [6.07, 6.45) is 4.88. The standard InChI is InChI=1S/C9H20N2S/c1-3-5-6-8-11-9(12)10-7-4-2/h3-8H2,1-2H3,(H2,10,11,12). The first-order chi connectivity index (χ1) is 5.81. The Labute approximate surface area is 81.1 Å². The maximum Gasteiger partial charge on any atom is 0.166 e. The van der Waals surface area contributed by atoms with Gasteiger partial charge in [-0.1, -0.05) is 26.7 Å². The molecule has 0 rings (SSSR count). The van der Waals surface area contributed by atoms with Crippen LogP contribution in [0.15, 0.2) is 0 Å². The van der Waals surface area contributed by atoms with E-state index >= 15 is 0 Å². The highest BCUT2D eigenvalue weighted by atomic mass is 32.1. The first-order valence-electron chi connectivity index (χ1n) is 4.83. The van der Waals surface area contributed by atoms with Crippen LogP contribution in [0.1, 0.15) is 39.5 Å². The van der Waals surface area contributed by atoms with E-state index in [4.69, 9.17) is 12.2 Å². The predicted molar refractivity (Wildman–Crippen MR) is 58.4 cm³/mol. The quantitative estimate of drug-likeness (QED) is 0.493. The molecule has 2 N–H and O–H groups in total. The van der Waals surface area contributed by atoms with Crippen LogP contribution in [-0.2, 0) is 0 Å². The Morgan fingerprint density at radius 2 is 1.67 bits per heavy atom. The molecule has 0 unspecified atom stereocenters. The Morgan fingerprint density at radius 3 is 2.25 bits per heavy atom. The fourth-order valence-corrected chi connectivity index (χ4v) is 1.08. The SMILES string of the molecule is CCCCCNC(=S)NCCC. The molecule has 0 aromatic carbocycles. The van der Waals surface area contributed by atoms with Crippen LogP contribution in [0, 0.1) is 0 Å².